The number of hydrogen-bond acceptors (Lipinski definition) is 3. The Balaban J connectivity index is 1.29. The molecule has 0 spiro atoms. The molecule has 1 fully saturated rings. The predicted molar refractivity (Wildman–Crippen MR) is 112 cm³/mol. The average Bonchev–Trinajstić information content (AvgIpc) is 3.13. The number of likely N-dealkylation sites (tertiary alicyclic amines) is 1. The van der Waals surface area contributed by atoms with Crippen molar-refractivity contribution >= 4 is 23.6 Å². The van der Waals surface area contributed by atoms with E-state index in [0.717, 1.165) is 42.9 Å². The van der Waals surface area contributed by atoms with Gasteiger partial charge in [-0.05, 0) is 41.8 Å². The van der Waals surface area contributed by atoms with Gasteiger partial charge < -0.3 is 10.1 Å². The summed E-state index contributed by atoms with van der Waals surface area (Å²) in [5, 5.41) is 3.78. The third-order valence-electron chi connectivity index (χ3n) is 5.02. The molecule has 1 atom stereocenters. The fraction of sp³-hybridized carbons (Fsp3) is 0.261. The molecule has 0 saturated carbocycles. The smallest absolute Gasteiger partial charge is 0.244 e. The van der Waals surface area contributed by atoms with Crippen LogP contribution in [0.25, 0.3) is 6.08 Å². The molecule has 2 aromatic rings. The van der Waals surface area contributed by atoms with Crippen molar-refractivity contribution in [1.82, 2.24) is 10.2 Å². The normalized spacial score (nSPS) is 19.2. The number of carbonyl (C=O) groups excluding carboxylic acids is 1. The molecule has 1 amide bonds. The topological polar surface area (TPSA) is 41.6 Å². The minimum absolute atomic E-state index is 0.0654. The Morgan fingerprint density at radius 1 is 1.25 bits per heavy atom. The summed E-state index contributed by atoms with van der Waals surface area (Å²) in [5.41, 5.74) is 3.19. The molecule has 1 saturated heterocycles. The molecular weight excluding hydrogens is 372 g/mol. The van der Waals surface area contributed by atoms with E-state index in [2.05, 4.69) is 34.5 Å². The predicted octanol–water partition coefficient (Wildman–Crippen LogP) is 4.06. The van der Waals surface area contributed by atoms with E-state index in [9.17, 15) is 4.79 Å². The van der Waals surface area contributed by atoms with Crippen LogP contribution in [0.1, 0.15) is 17.5 Å². The second-order valence-electron chi connectivity index (χ2n) is 7.24. The minimum Gasteiger partial charge on any atom is -0.488 e. The molecule has 0 aromatic heterocycles. The average molecular weight is 395 g/mol. The Kier molecular flexibility index (Phi) is 5.79. The number of halogens is 1. The van der Waals surface area contributed by atoms with E-state index < -0.39 is 0 Å². The number of nitrogens with zero attached hydrogens (tertiary/aromatic N) is 1. The van der Waals surface area contributed by atoms with Gasteiger partial charge in [-0.2, -0.15) is 0 Å². The standard InChI is InChI=1S/C23H23ClN2O2/c24-20-7-8-22-19(13-20)12-18(16-28-22)6-9-23(27)25-21-10-11-26(15-21)14-17-4-2-1-3-5-17/h1-9,12-13,21H,10-11,14-16H2,(H,25,27)/b9-6+/t21-/m1/s1. The van der Waals surface area contributed by atoms with E-state index >= 15 is 0 Å². The summed E-state index contributed by atoms with van der Waals surface area (Å²) < 4.78 is 5.71. The maximum atomic E-state index is 12.3. The molecule has 0 unspecified atom stereocenters. The molecular formula is C23H23ClN2O2. The molecule has 1 N–H and O–H groups in total. The second kappa shape index (κ2) is 8.63. The second-order valence-corrected chi connectivity index (χ2v) is 7.67. The Morgan fingerprint density at radius 3 is 2.96 bits per heavy atom. The van der Waals surface area contributed by atoms with Crippen LogP contribution in [0.4, 0.5) is 0 Å². The van der Waals surface area contributed by atoms with E-state index in [0.29, 0.717) is 11.6 Å². The van der Waals surface area contributed by atoms with Crippen molar-refractivity contribution in [2.24, 2.45) is 0 Å². The summed E-state index contributed by atoms with van der Waals surface area (Å²) in [6.07, 6.45) is 6.39. The highest BCUT2D eigenvalue weighted by Gasteiger charge is 2.23. The van der Waals surface area contributed by atoms with Crippen molar-refractivity contribution in [3.63, 3.8) is 0 Å². The van der Waals surface area contributed by atoms with E-state index in [-0.39, 0.29) is 11.9 Å². The van der Waals surface area contributed by atoms with Crippen LogP contribution in [0.3, 0.4) is 0 Å². The molecule has 4 rings (SSSR count). The van der Waals surface area contributed by atoms with E-state index in [1.165, 1.54) is 5.56 Å². The summed E-state index contributed by atoms with van der Waals surface area (Å²) in [7, 11) is 0. The minimum atomic E-state index is -0.0654. The highest BCUT2D eigenvalue weighted by molar-refractivity contribution is 6.30. The van der Waals surface area contributed by atoms with Crippen LogP contribution in [0.5, 0.6) is 5.75 Å². The molecule has 2 heterocycles. The van der Waals surface area contributed by atoms with Gasteiger partial charge in [-0.3, -0.25) is 9.69 Å². The van der Waals surface area contributed by atoms with Crippen LogP contribution in [0.2, 0.25) is 5.02 Å². The first kappa shape index (κ1) is 18.8. The van der Waals surface area contributed by atoms with E-state index in [1.807, 2.05) is 36.4 Å². The molecule has 2 aliphatic rings. The van der Waals surface area contributed by atoms with Gasteiger partial charge in [0.1, 0.15) is 12.4 Å². The summed E-state index contributed by atoms with van der Waals surface area (Å²) in [6.45, 7) is 3.26. The van der Waals surface area contributed by atoms with E-state index in [1.54, 1.807) is 6.08 Å². The SMILES string of the molecule is O=C(/C=C/C1=Cc2cc(Cl)ccc2OC1)N[C@@H]1CCN(Cc2ccccc2)C1. The highest BCUT2D eigenvalue weighted by Crippen LogP contribution is 2.29. The number of fused-ring (bicyclic) bond motifs is 1. The Labute approximate surface area is 170 Å². The van der Waals surface area contributed by atoms with Gasteiger partial charge in [-0.25, -0.2) is 0 Å². The lowest BCUT2D eigenvalue weighted by Crippen LogP contribution is -2.36. The monoisotopic (exact) mass is 394 g/mol. The lowest BCUT2D eigenvalue weighted by Gasteiger charge is -2.17. The molecule has 0 bridgehead atoms. The summed E-state index contributed by atoms with van der Waals surface area (Å²) in [5.74, 6) is 0.750. The lowest BCUT2D eigenvalue weighted by molar-refractivity contribution is -0.117. The number of carbonyl (C=O) groups is 1. The zero-order valence-corrected chi connectivity index (χ0v) is 16.4. The number of nitrogens with one attached hydrogen (secondary N) is 1. The summed E-state index contributed by atoms with van der Waals surface area (Å²) in [4.78, 5) is 14.7. The third-order valence-corrected chi connectivity index (χ3v) is 5.26. The first-order valence-corrected chi connectivity index (χ1v) is 9.91. The summed E-state index contributed by atoms with van der Waals surface area (Å²) >= 11 is 6.04. The van der Waals surface area contributed by atoms with Crippen molar-refractivity contribution in [3.8, 4) is 5.75 Å². The number of rotatable bonds is 5. The number of amides is 1. The lowest BCUT2D eigenvalue weighted by atomic mass is 10.1. The molecule has 5 heteroatoms. The van der Waals surface area contributed by atoms with Crippen LogP contribution in [-0.4, -0.2) is 36.5 Å². The van der Waals surface area contributed by atoms with Crippen LogP contribution < -0.4 is 10.1 Å². The zero-order chi connectivity index (χ0) is 19.3. The molecule has 144 valence electrons. The van der Waals surface area contributed by atoms with Crippen molar-refractivity contribution in [2.45, 2.75) is 19.0 Å². The largest absolute Gasteiger partial charge is 0.488 e. The third kappa shape index (κ3) is 4.83. The summed E-state index contributed by atoms with van der Waals surface area (Å²) in [6, 6.07) is 16.2. The molecule has 2 aromatic carbocycles. The first-order chi connectivity index (χ1) is 13.7. The van der Waals surface area contributed by atoms with Crippen LogP contribution >= 0.6 is 11.6 Å². The quantitative estimate of drug-likeness (QED) is 0.777. The first-order valence-electron chi connectivity index (χ1n) is 9.53. The van der Waals surface area contributed by atoms with Gasteiger partial charge in [0.25, 0.3) is 0 Å². The van der Waals surface area contributed by atoms with Crippen molar-refractivity contribution in [1.29, 1.82) is 0 Å². The molecule has 2 aliphatic heterocycles. The van der Waals surface area contributed by atoms with E-state index in [4.69, 9.17) is 16.3 Å². The molecule has 4 nitrogen and oxygen atoms in total. The zero-order valence-electron chi connectivity index (χ0n) is 15.6. The van der Waals surface area contributed by atoms with Gasteiger partial charge in [0, 0.05) is 42.3 Å². The van der Waals surface area contributed by atoms with Crippen molar-refractivity contribution in [3.05, 3.63) is 82.4 Å². The van der Waals surface area contributed by atoms with Crippen molar-refractivity contribution in [2.75, 3.05) is 19.7 Å². The molecule has 0 radical (unpaired) electrons. The number of ether oxygens (including phenoxy) is 1. The Hall–Kier alpha value is -2.56. The van der Waals surface area contributed by atoms with Gasteiger partial charge in [0.2, 0.25) is 5.91 Å². The highest BCUT2D eigenvalue weighted by atomic mass is 35.5. The fourth-order valence-corrected chi connectivity index (χ4v) is 3.81. The maximum Gasteiger partial charge on any atom is 0.244 e. The van der Waals surface area contributed by atoms with Gasteiger partial charge in [0.05, 0.1) is 0 Å². The van der Waals surface area contributed by atoms with Crippen LogP contribution in [0.15, 0.2) is 66.3 Å². The van der Waals surface area contributed by atoms with Gasteiger partial charge in [-0.1, -0.05) is 48.0 Å². The van der Waals surface area contributed by atoms with Gasteiger partial charge in [-0.15, -0.1) is 0 Å². The molecule has 28 heavy (non-hydrogen) atoms. The van der Waals surface area contributed by atoms with Gasteiger partial charge in [0.15, 0.2) is 0 Å². The van der Waals surface area contributed by atoms with Crippen LogP contribution in [0, 0.1) is 0 Å². The number of hydrogen-bond donors (Lipinski definition) is 1. The molecule has 0 aliphatic carbocycles. The van der Waals surface area contributed by atoms with Crippen LogP contribution in [-0.2, 0) is 11.3 Å². The maximum absolute atomic E-state index is 12.3. The van der Waals surface area contributed by atoms with Gasteiger partial charge >= 0.3 is 0 Å². The Bertz CT molecular complexity index is 908. The Morgan fingerprint density at radius 2 is 2.11 bits per heavy atom. The number of benzene rings is 2. The fourth-order valence-electron chi connectivity index (χ4n) is 3.63. The van der Waals surface area contributed by atoms with Crippen molar-refractivity contribution < 1.29 is 9.53 Å².